The molecule has 0 aliphatic heterocycles. The van der Waals surface area contributed by atoms with E-state index in [0.29, 0.717) is 11.1 Å². The number of benzene rings is 1. The van der Waals surface area contributed by atoms with Crippen LogP contribution in [0.25, 0.3) is 11.1 Å². The van der Waals surface area contributed by atoms with E-state index in [0.717, 1.165) is 4.57 Å². The number of hydrogen-bond acceptors (Lipinski definition) is 3. The Labute approximate surface area is 90.2 Å². The Morgan fingerprint density at radius 3 is 2.50 bits per heavy atom. The zero-order valence-corrected chi connectivity index (χ0v) is 8.18. The molecule has 5 heteroatoms. The highest BCUT2D eigenvalue weighted by Crippen LogP contribution is 2.12. The highest BCUT2D eigenvalue weighted by atomic mass is 16.2. The fourth-order valence-electron chi connectivity index (χ4n) is 1.37. The summed E-state index contributed by atoms with van der Waals surface area (Å²) in [5.41, 5.74) is -0.274. The lowest BCUT2D eigenvalue weighted by molar-refractivity contribution is 0.913. The Kier molecular flexibility index (Phi) is 2.40. The topological polar surface area (TPSA) is 78.7 Å². The van der Waals surface area contributed by atoms with Gasteiger partial charge in [-0.05, 0) is 5.56 Å². The third-order valence-electron chi connectivity index (χ3n) is 2.13. The van der Waals surface area contributed by atoms with Crippen molar-refractivity contribution < 1.29 is 0 Å². The van der Waals surface area contributed by atoms with E-state index in [9.17, 15) is 9.59 Å². The largest absolute Gasteiger partial charge is 0.341 e. The number of nitriles is 1. The fourth-order valence-corrected chi connectivity index (χ4v) is 1.37. The van der Waals surface area contributed by atoms with Crippen LogP contribution >= 0.6 is 0 Å². The molecule has 0 bridgehead atoms. The van der Waals surface area contributed by atoms with Gasteiger partial charge in [0.1, 0.15) is 0 Å². The molecule has 78 valence electrons. The number of H-pyrrole nitrogens is 1. The van der Waals surface area contributed by atoms with Crippen molar-refractivity contribution in [3.8, 4) is 17.3 Å². The van der Waals surface area contributed by atoms with Gasteiger partial charge < -0.3 is 0 Å². The zero-order valence-electron chi connectivity index (χ0n) is 8.18. The second kappa shape index (κ2) is 3.87. The van der Waals surface area contributed by atoms with Crippen molar-refractivity contribution in [1.82, 2.24) is 9.55 Å². The lowest BCUT2D eigenvalue weighted by Crippen LogP contribution is -2.28. The van der Waals surface area contributed by atoms with Crippen molar-refractivity contribution in [2.24, 2.45) is 0 Å². The molecule has 0 fully saturated rings. The molecule has 0 aliphatic carbocycles. The summed E-state index contributed by atoms with van der Waals surface area (Å²) in [5.74, 6) is 0. The smallest absolute Gasteiger partial charge is 0.273 e. The molecule has 0 aliphatic rings. The minimum Gasteiger partial charge on any atom is -0.273 e. The van der Waals surface area contributed by atoms with Gasteiger partial charge in [0.05, 0.1) is 5.56 Å². The first kappa shape index (κ1) is 9.93. The van der Waals surface area contributed by atoms with Crippen molar-refractivity contribution in [2.75, 3.05) is 0 Å². The van der Waals surface area contributed by atoms with Crippen molar-refractivity contribution in [2.45, 2.75) is 0 Å². The Hall–Kier alpha value is -2.61. The highest BCUT2D eigenvalue weighted by molar-refractivity contribution is 5.61. The Balaban J connectivity index is 2.73. The summed E-state index contributed by atoms with van der Waals surface area (Å²) in [6.45, 7) is 0. The predicted molar refractivity (Wildman–Crippen MR) is 57.8 cm³/mol. The standard InChI is InChI=1S/C11H7N3O2/c12-7-14-6-9(10(15)13-11(14)16)8-4-2-1-3-5-8/h1-6H,(H,13,15,16). The van der Waals surface area contributed by atoms with Gasteiger partial charge >= 0.3 is 5.69 Å². The van der Waals surface area contributed by atoms with E-state index >= 15 is 0 Å². The van der Waals surface area contributed by atoms with E-state index in [4.69, 9.17) is 5.26 Å². The molecule has 0 saturated heterocycles. The van der Waals surface area contributed by atoms with Crippen LogP contribution in [-0.4, -0.2) is 9.55 Å². The average molecular weight is 213 g/mol. The van der Waals surface area contributed by atoms with Gasteiger partial charge in [0.2, 0.25) is 0 Å². The van der Waals surface area contributed by atoms with Crippen LogP contribution in [0, 0.1) is 11.5 Å². The molecule has 5 nitrogen and oxygen atoms in total. The van der Waals surface area contributed by atoms with Gasteiger partial charge in [-0.1, -0.05) is 30.3 Å². The van der Waals surface area contributed by atoms with Gasteiger partial charge in [-0.3, -0.25) is 9.78 Å². The van der Waals surface area contributed by atoms with Crippen LogP contribution in [0.2, 0.25) is 0 Å². The summed E-state index contributed by atoms with van der Waals surface area (Å²) < 4.78 is 0.781. The van der Waals surface area contributed by atoms with Gasteiger partial charge in [-0.15, -0.1) is 0 Å². The summed E-state index contributed by atoms with van der Waals surface area (Å²) >= 11 is 0. The molecule has 2 aromatic rings. The molecule has 0 spiro atoms. The third kappa shape index (κ3) is 1.64. The minimum atomic E-state index is -0.729. The lowest BCUT2D eigenvalue weighted by atomic mass is 10.1. The molecule has 0 unspecified atom stereocenters. The Bertz CT molecular complexity index is 662. The zero-order chi connectivity index (χ0) is 11.5. The monoisotopic (exact) mass is 213 g/mol. The van der Waals surface area contributed by atoms with Crippen LogP contribution in [0.3, 0.4) is 0 Å². The highest BCUT2D eigenvalue weighted by Gasteiger charge is 2.05. The minimum absolute atomic E-state index is 0.293. The summed E-state index contributed by atoms with van der Waals surface area (Å²) in [6.07, 6.45) is 2.90. The molecule has 1 heterocycles. The maximum Gasteiger partial charge on any atom is 0.341 e. The Morgan fingerprint density at radius 1 is 1.19 bits per heavy atom. The number of hydrogen-bond donors (Lipinski definition) is 1. The van der Waals surface area contributed by atoms with Crippen LogP contribution < -0.4 is 11.2 Å². The van der Waals surface area contributed by atoms with Crippen molar-refractivity contribution >= 4 is 0 Å². The normalized spacial score (nSPS) is 9.69. The number of nitrogens with zero attached hydrogens (tertiary/aromatic N) is 2. The number of aromatic nitrogens is 2. The first-order chi connectivity index (χ1) is 7.72. The molecular formula is C11H7N3O2. The van der Waals surface area contributed by atoms with Gasteiger partial charge in [0.25, 0.3) is 5.56 Å². The molecule has 2 rings (SSSR count). The van der Waals surface area contributed by atoms with Gasteiger partial charge in [0.15, 0.2) is 6.19 Å². The molecule has 16 heavy (non-hydrogen) atoms. The van der Waals surface area contributed by atoms with E-state index < -0.39 is 11.2 Å². The second-order valence-electron chi connectivity index (χ2n) is 3.14. The molecular weight excluding hydrogens is 206 g/mol. The molecule has 1 aromatic carbocycles. The van der Waals surface area contributed by atoms with E-state index in [-0.39, 0.29) is 0 Å². The van der Waals surface area contributed by atoms with Crippen molar-refractivity contribution in [3.63, 3.8) is 0 Å². The predicted octanol–water partition coefficient (Wildman–Crippen LogP) is 0.533. The maximum atomic E-state index is 11.5. The van der Waals surface area contributed by atoms with Gasteiger partial charge in [0, 0.05) is 6.20 Å². The van der Waals surface area contributed by atoms with Crippen molar-refractivity contribution in [1.29, 1.82) is 5.26 Å². The molecule has 1 aromatic heterocycles. The quantitative estimate of drug-likeness (QED) is 0.750. The second-order valence-corrected chi connectivity index (χ2v) is 3.14. The average Bonchev–Trinajstić information content (AvgIpc) is 2.30. The summed E-state index contributed by atoms with van der Waals surface area (Å²) in [6, 6.07) is 8.83. The van der Waals surface area contributed by atoms with Crippen molar-refractivity contribution in [3.05, 3.63) is 57.4 Å². The summed E-state index contributed by atoms with van der Waals surface area (Å²) in [5, 5.41) is 8.67. The first-order valence-corrected chi connectivity index (χ1v) is 4.54. The molecule has 0 saturated carbocycles. The van der Waals surface area contributed by atoms with Crippen LogP contribution in [-0.2, 0) is 0 Å². The van der Waals surface area contributed by atoms with Crippen LogP contribution in [0.1, 0.15) is 0 Å². The number of rotatable bonds is 1. The number of nitrogens with one attached hydrogen (secondary N) is 1. The fraction of sp³-hybridized carbons (Fsp3) is 0. The van der Waals surface area contributed by atoms with Gasteiger partial charge in [-0.2, -0.15) is 5.26 Å². The van der Waals surface area contributed by atoms with Crippen LogP contribution in [0.4, 0.5) is 0 Å². The summed E-state index contributed by atoms with van der Waals surface area (Å²) in [4.78, 5) is 24.8. The SMILES string of the molecule is N#Cn1cc(-c2ccccc2)c(=O)[nH]c1=O. The molecule has 0 amide bonds. The first-order valence-electron chi connectivity index (χ1n) is 4.54. The molecule has 1 N–H and O–H groups in total. The van der Waals surface area contributed by atoms with E-state index in [2.05, 4.69) is 4.98 Å². The van der Waals surface area contributed by atoms with Gasteiger partial charge in [-0.25, -0.2) is 9.36 Å². The van der Waals surface area contributed by atoms with E-state index in [1.165, 1.54) is 6.20 Å². The lowest BCUT2D eigenvalue weighted by Gasteiger charge is -2.00. The van der Waals surface area contributed by atoms with Crippen LogP contribution in [0.5, 0.6) is 0 Å². The van der Waals surface area contributed by atoms with Crippen LogP contribution in [0.15, 0.2) is 46.1 Å². The Morgan fingerprint density at radius 2 is 1.88 bits per heavy atom. The summed E-state index contributed by atoms with van der Waals surface area (Å²) in [7, 11) is 0. The third-order valence-corrected chi connectivity index (χ3v) is 2.13. The maximum absolute atomic E-state index is 11.5. The number of aromatic amines is 1. The van der Waals surface area contributed by atoms with E-state index in [1.807, 2.05) is 6.07 Å². The van der Waals surface area contributed by atoms with E-state index in [1.54, 1.807) is 30.5 Å². The molecule has 0 radical (unpaired) electrons. The molecule has 0 atom stereocenters.